The first-order valence-corrected chi connectivity index (χ1v) is 8.38. The largest absolute Gasteiger partial charge is 0.744 e. The van der Waals surface area contributed by atoms with Crippen LogP contribution in [-0.2, 0) is 16.5 Å². The van der Waals surface area contributed by atoms with Crippen molar-refractivity contribution in [3.05, 3.63) is 63.5 Å². The highest BCUT2D eigenvalue weighted by Gasteiger charge is 2.05. The van der Waals surface area contributed by atoms with Crippen molar-refractivity contribution in [2.24, 2.45) is 0 Å². The number of aryl methyl sites for hydroxylation is 1. The fraction of sp³-hybridized carbons (Fsp3) is 0.143. The van der Waals surface area contributed by atoms with E-state index in [2.05, 4.69) is 31.2 Å². The molecule has 0 amide bonds. The van der Waals surface area contributed by atoms with Crippen molar-refractivity contribution >= 4 is 10.1 Å². The Labute approximate surface area is 131 Å². The molecule has 0 bridgehead atoms. The van der Waals surface area contributed by atoms with Crippen LogP contribution in [0.4, 0.5) is 4.39 Å². The summed E-state index contributed by atoms with van der Waals surface area (Å²) in [5, 5.41) is 0. The highest BCUT2D eigenvalue weighted by molar-refractivity contribution is 7.85. The maximum Gasteiger partial charge on any atom is 0.296 e. The van der Waals surface area contributed by atoms with Gasteiger partial charge in [0.2, 0.25) is 0 Å². The second-order valence-corrected chi connectivity index (χ2v) is 6.58. The Balaban J connectivity index is 0.000000204. The average Bonchev–Trinajstić information content (AvgIpc) is 2.39. The van der Waals surface area contributed by atoms with Gasteiger partial charge in [-0.05, 0) is 36.2 Å². The van der Waals surface area contributed by atoms with Crippen LogP contribution in [0.15, 0.2) is 53.4 Å². The lowest BCUT2D eigenvalue weighted by Gasteiger charge is -2.06. The van der Waals surface area contributed by atoms with Crippen LogP contribution in [0.2, 0.25) is 0 Å². The number of halogens is 2. The molecule has 0 aromatic heterocycles. The van der Waals surface area contributed by atoms with Crippen LogP contribution in [0.1, 0.15) is 12.5 Å². The number of hydrogen-bond donors (Lipinski definition) is 0. The van der Waals surface area contributed by atoms with Gasteiger partial charge < -0.3 is 4.55 Å². The fourth-order valence-corrected chi connectivity index (χ4v) is 2.31. The summed E-state index contributed by atoms with van der Waals surface area (Å²) in [5.74, 6) is -1.01. The Morgan fingerprint density at radius 1 is 1.10 bits per heavy atom. The van der Waals surface area contributed by atoms with Crippen molar-refractivity contribution in [3.63, 3.8) is 0 Å². The van der Waals surface area contributed by atoms with Gasteiger partial charge in [0.25, 0.3) is 22.6 Å². The van der Waals surface area contributed by atoms with Gasteiger partial charge in [0, 0.05) is 0 Å². The van der Waals surface area contributed by atoms with Crippen LogP contribution >= 0.6 is 0 Å². The first kappa shape index (κ1) is 17.1. The molecule has 0 heterocycles. The SMILES string of the molecule is CCc1ccc([IH+])cc1.O=S(=O)([O-])c1ccccc1F. The van der Waals surface area contributed by atoms with Gasteiger partial charge in [0.1, 0.15) is 15.9 Å². The third kappa shape index (κ3) is 5.56. The van der Waals surface area contributed by atoms with E-state index < -0.39 is 20.8 Å². The number of hydrogen-bond acceptors (Lipinski definition) is 3. The molecule has 6 heteroatoms. The van der Waals surface area contributed by atoms with Gasteiger partial charge in [-0.15, -0.1) is 0 Å². The normalized spacial score (nSPS) is 10.6. The molecular weight excluding hydrogens is 394 g/mol. The molecule has 108 valence electrons. The van der Waals surface area contributed by atoms with Gasteiger partial charge >= 0.3 is 0 Å². The molecule has 2 aromatic rings. The van der Waals surface area contributed by atoms with Crippen molar-refractivity contribution in [1.29, 1.82) is 0 Å². The Bertz CT molecular complexity index is 654. The Morgan fingerprint density at radius 3 is 2.05 bits per heavy atom. The minimum atomic E-state index is -4.66. The van der Waals surface area contributed by atoms with Crippen LogP contribution in [0.3, 0.4) is 0 Å². The first-order valence-electron chi connectivity index (χ1n) is 5.81. The Morgan fingerprint density at radius 2 is 1.65 bits per heavy atom. The van der Waals surface area contributed by atoms with Gasteiger partial charge in [-0.25, -0.2) is 12.8 Å². The zero-order valence-electron chi connectivity index (χ0n) is 10.7. The molecule has 0 aliphatic rings. The van der Waals surface area contributed by atoms with Gasteiger partial charge in [0.05, 0.1) is 4.90 Å². The number of benzene rings is 2. The molecule has 20 heavy (non-hydrogen) atoms. The summed E-state index contributed by atoms with van der Waals surface area (Å²) in [4.78, 5) is -0.806. The summed E-state index contributed by atoms with van der Waals surface area (Å²) in [6.07, 6.45) is 1.14. The second kappa shape index (κ2) is 7.70. The van der Waals surface area contributed by atoms with E-state index >= 15 is 0 Å². The van der Waals surface area contributed by atoms with Gasteiger partial charge in [0.15, 0.2) is 3.57 Å². The molecule has 0 saturated heterocycles. The molecule has 0 radical (unpaired) electrons. The molecule has 2 rings (SSSR count). The highest BCUT2D eigenvalue weighted by Crippen LogP contribution is 2.11. The zero-order chi connectivity index (χ0) is 15.2. The molecule has 0 spiro atoms. The third-order valence-corrected chi connectivity index (χ3v) is 4.08. The summed E-state index contributed by atoms with van der Waals surface area (Å²) in [5.41, 5.74) is 1.42. The fourth-order valence-electron chi connectivity index (χ4n) is 1.37. The Kier molecular flexibility index (Phi) is 6.57. The predicted octanol–water partition coefficient (Wildman–Crippen LogP) is -0.566. The maximum absolute atomic E-state index is 12.5. The minimum absolute atomic E-state index is 0.806. The smallest absolute Gasteiger partial charge is 0.296 e. The zero-order valence-corrected chi connectivity index (χ0v) is 13.9. The first-order chi connectivity index (χ1) is 9.34. The summed E-state index contributed by atoms with van der Waals surface area (Å²) in [6, 6.07) is 13.1. The standard InChI is InChI=1S/C8H10I.C6H5FO3S/c1-2-7-3-5-8(9)6-4-7;7-5-3-1-2-4-6(5)11(8,9)10/h3-6,9H,2H2,1H3;1-4H,(H,8,9,10)/q+1;/p-1. The maximum atomic E-state index is 12.5. The van der Waals surface area contributed by atoms with Crippen molar-refractivity contribution in [3.8, 4) is 0 Å². The lowest BCUT2D eigenvalue weighted by atomic mass is 10.2. The van der Waals surface area contributed by atoms with E-state index in [1.54, 1.807) is 0 Å². The van der Waals surface area contributed by atoms with Crippen LogP contribution < -0.4 is 22.6 Å². The van der Waals surface area contributed by atoms with Gasteiger partial charge in [-0.1, -0.05) is 31.2 Å². The average molecular weight is 408 g/mol. The molecule has 0 unspecified atom stereocenters. The predicted molar refractivity (Wildman–Crippen MR) is 70.3 cm³/mol. The van der Waals surface area contributed by atoms with Crippen LogP contribution in [0, 0.1) is 9.39 Å². The third-order valence-electron chi connectivity index (χ3n) is 2.44. The lowest BCUT2D eigenvalue weighted by molar-refractivity contribution is -0.328. The van der Waals surface area contributed by atoms with Crippen LogP contribution in [-0.4, -0.2) is 13.0 Å². The van der Waals surface area contributed by atoms with E-state index in [-0.39, 0.29) is 0 Å². The van der Waals surface area contributed by atoms with Crippen LogP contribution in [0.25, 0.3) is 0 Å². The van der Waals surface area contributed by atoms with E-state index in [0.717, 1.165) is 18.6 Å². The molecule has 0 aliphatic heterocycles. The summed E-state index contributed by atoms with van der Waals surface area (Å²) in [6.45, 7) is 2.17. The van der Waals surface area contributed by atoms with Gasteiger partial charge in [-0.2, -0.15) is 0 Å². The summed E-state index contributed by atoms with van der Waals surface area (Å²) in [7, 11) is -4.66. The molecule has 0 aliphatic carbocycles. The van der Waals surface area contributed by atoms with E-state index in [9.17, 15) is 17.4 Å². The molecule has 3 nitrogen and oxygen atoms in total. The molecule has 0 N–H and O–H groups in total. The molecule has 0 fully saturated rings. The minimum Gasteiger partial charge on any atom is -0.744 e. The van der Waals surface area contributed by atoms with Gasteiger partial charge in [-0.3, -0.25) is 0 Å². The van der Waals surface area contributed by atoms with Crippen LogP contribution in [0.5, 0.6) is 0 Å². The van der Waals surface area contributed by atoms with Crippen molar-refractivity contribution < 1.29 is 40.0 Å². The lowest BCUT2D eigenvalue weighted by Crippen LogP contribution is -3.34. The molecule has 0 atom stereocenters. The topological polar surface area (TPSA) is 57.2 Å². The monoisotopic (exact) mass is 408 g/mol. The highest BCUT2D eigenvalue weighted by atomic mass is 127. The molecular formula is C14H14FIO3S. The van der Waals surface area contributed by atoms with Crippen molar-refractivity contribution in [2.45, 2.75) is 18.2 Å². The quantitative estimate of drug-likeness (QED) is 0.495. The van der Waals surface area contributed by atoms with E-state index in [0.29, 0.717) is 0 Å². The van der Waals surface area contributed by atoms with E-state index in [1.165, 1.54) is 21.3 Å². The van der Waals surface area contributed by atoms with E-state index in [4.69, 9.17) is 0 Å². The number of rotatable bonds is 2. The summed E-state index contributed by atoms with van der Waals surface area (Å²) < 4.78 is 44.6. The molecule has 0 saturated carbocycles. The van der Waals surface area contributed by atoms with E-state index in [1.807, 2.05) is 22.6 Å². The summed E-state index contributed by atoms with van der Waals surface area (Å²) >= 11 is 2.04. The van der Waals surface area contributed by atoms with Crippen molar-refractivity contribution in [1.82, 2.24) is 0 Å². The second-order valence-electron chi connectivity index (χ2n) is 3.88. The van der Waals surface area contributed by atoms with Crippen molar-refractivity contribution in [2.75, 3.05) is 0 Å². The Hall–Kier alpha value is -0.990. The molecule has 2 aromatic carbocycles.